The third-order valence-electron chi connectivity index (χ3n) is 3.10. The van der Waals surface area contributed by atoms with E-state index in [1.165, 1.54) is 0 Å². The van der Waals surface area contributed by atoms with Crippen LogP contribution in [0.3, 0.4) is 0 Å². The van der Waals surface area contributed by atoms with Crippen molar-refractivity contribution in [1.29, 1.82) is 0 Å². The molecule has 1 aromatic heterocycles. The summed E-state index contributed by atoms with van der Waals surface area (Å²) in [6.07, 6.45) is 2.90. The van der Waals surface area contributed by atoms with Crippen LogP contribution in [0.2, 0.25) is 0 Å². The van der Waals surface area contributed by atoms with Crippen molar-refractivity contribution in [1.82, 2.24) is 9.78 Å². The van der Waals surface area contributed by atoms with Gasteiger partial charge in [-0.1, -0.05) is 12.1 Å². The molecule has 0 aliphatic heterocycles. The molecule has 2 aromatic rings. The quantitative estimate of drug-likeness (QED) is 0.748. The zero-order valence-corrected chi connectivity index (χ0v) is 11.3. The first-order chi connectivity index (χ1) is 9.24. The van der Waals surface area contributed by atoms with E-state index in [2.05, 4.69) is 5.10 Å². The Morgan fingerprint density at radius 3 is 2.63 bits per heavy atom. The lowest BCUT2D eigenvalue weighted by Gasteiger charge is -2.05. The maximum Gasteiger partial charge on any atom is 0.181 e. The normalized spacial score (nSPS) is 10.4. The average molecular weight is 258 g/mol. The second-order valence-corrected chi connectivity index (χ2v) is 4.30. The first-order valence-electron chi connectivity index (χ1n) is 6.42. The number of ketones is 1. The summed E-state index contributed by atoms with van der Waals surface area (Å²) in [6, 6.07) is 9.58. The number of carbonyl (C=O) groups is 1. The smallest absolute Gasteiger partial charge is 0.181 e. The maximum absolute atomic E-state index is 12.1. The number of rotatable bonds is 6. The van der Waals surface area contributed by atoms with Crippen LogP contribution >= 0.6 is 0 Å². The Balaban J connectivity index is 1.96. The van der Waals surface area contributed by atoms with E-state index in [-0.39, 0.29) is 5.78 Å². The van der Waals surface area contributed by atoms with Crippen LogP contribution in [0.1, 0.15) is 29.4 Å². The Bertz CT molecular complexity index is 544. The van der Waals surface area contributed by atoms with Crippen LogP contribution in [0.15, 0.2) is 36.5 Å². The predicted octanol–water partition coefficient (Wildman–Crippen LogP) is 2.73. The summed E-state index contributed by atoms with van der Waals surface area (Å²) in [4.78, 5) is 12.1. The monoisotopic (exact) mass is 258 g/mol. The molecule has 0 radical (unpaired) electrons. The molecule has 100 valence electrons. The highest BCUT2D eigenvalue weighted by Crippen LogP contribution is 2.14. The molecular weight excluding hydrogens is 240 g/mol. The average Bonchev–Trinajstić information content (AvgIpc) is 2.93. The molecule has 0 atom stereocenters. The minimum Gasteiger partial charge on any atom is -0.497 e. The summed E-state index contributed by atoms with van der Waals surface area (Å²) >= 11 is 0. The number of benzene rings is 1. The summed E-state index contributed by atoms with van der Waals surface area (Å²) in [5.41, 5.74) is 1.83. The summed E-state index contributed by atoms with van der Waals surface area (Å²) in [7, 11) is 1.64. The third-order valence-corrected chi connectivity index (χ3v) is 3.10. The minimum atomic E-state index is 0.134. The van der Waals surface area contributed by atoms with Crippen LogP contribution < -0.4 is 4.74 Å². The van der Waals surface area contributed by atoms with Crippen molar-refractivity contribution in [2.75, 3.05) is 7.11 Å². The zero-order chi connectivity index (χ0) is 13.7. The van der Waals surface area contributed by atoms with Crippen molar-refractivity contribution in [3.8, 4) is 5.75 Å². The zero-order valence-electron chi connectivity index (χ0n) is 11.3. The molecule has 0 saturated carbocycles. The van der Waals surface area contributed by atoms with Gasteiger partial charge >= 0.3 is 0 Å². The standard InChI is InChI=1S/C15H18N2O2/c1-3-17-14(10-11-16-17)15(18)9-6-12-4-7-13(19-2)8-5-12/h4-5,7-8,10-11H,3,6,9H2,1-2H3. The molecule has 2 rings (SSSR count). The number of nitrogens with zero attached hydrogens (tertiary/aromatic N) is 2. The Hall–Kier alpha value is -2.10. The summed E-state index contributed by atoms with van der Waals surface area (Å²) < 4.78 is 6.84. The van der Waals surface area contributed by atoms with E-state index >= 15 is 0 Å². The van der Waals surface area contributed by atoms with Gasteiger partial charge in [0.15, 0.2) is 5.78 Å². The third kappa shape index (κ3) is 3.22. The molecule has 0 amide bonds. The van der Waals surface area contributed by atoms with Crippen molar-refractivity contribution in [2.45, 2.75) is 26.3 Å². The Kier molecular flexibility index (Phi) is 4.34. The van der Waals surface area contributed by atoms with Crippen molar-refractivity contribution in [2.24, 2.45) is 0 Å². The lowest BCUT2D eigenvalue weighted by molar-refractivity contribution is 0.0972. The fraction of sp³-hybridized carbons (Fsp3) is 0.333. The number of hydrogen-bond donors (Lipinski definition) is 0. The van der Waals surface area contributed by atoms with Crippen molar-refractivity contribution < 1.29 is 9.53 Å². The van der Waals surface area contributed by atoms with Gasteiger partial charge in [0.1, 0.15) is 11.4 Å². The molecule has 0 unspecified atom stereocenters. The topological polar surface area (TPSA) is 44.1 Å². The van der Waals surface area contributed by atoms with Gasteiger partial charge in [-0.25, -0.2) is 0 Å². The first-order valence-corrected chi connectivity index (χ1v) is 6.42. The van der Waals surface area contributed by atoms with Crippen molar-refractivity contribution >= 4 is 5.78 Å². The largest absolute Gasteiger partial charge is 0.497 e. The number of Topliss-reactive ketones (excluding diaryl/α,β-unsaturated/α-hetero) is 1. The van der Waals surface area contributed by atoms with Gasteiger partial charge in [0.05, 0.1) is 7.11 Å². The van der Waals surface area contributed by atoms with Crippen molar-refractivity contribution in [3.63, 3.8) is 0 Å². The first kappa shape index (κ1) is 13.3. The van der Waals surface area contributed by atoms with Gasteiger partial charge < -0.3 is 4.74 Å². The van der Waals surface area contributed by atoms with Gasteiger partial charge in [-0.2, -0.15) is 5.10 Å². The highest BCUT2D eigenvalue weighted by atomic mass is 16.5. The second-order valence-electron chi connectivity index (χ2n) is 4.30. The molecule has 1 heterocycles. The van der Waals surface area contributed by atoms with E-state index < -0.39 is 0 Å². The van der Waals surface area contributed by atoms with Gasteiger partial charge in [0.2, 0.25) is 0 Å². The van der Waals surface area contributed by atoms with E-state index in [4.69, 9.17) is 4.74 Å². The minimum absolute atomic E-state index is 0.134. The van der Waals surface area contributed by atoms with Gasteiger partial charge in [-0.05, 0) is 37.1 Å². The van der Waals surface area contributed by atoms with E-state index in [9.17, 15) is 4.79 Å². The lowest BCUT2D eigenvalue weighted by atomic mass is 10.1. The molecule has 0 fully saturated rings. The summed E-state index contributed by atoms with van der Waals surface area (Å²) in [6.45, 7) is 2.70. The molecule has 1 aromatic carbocycles. The second kappa shape index (κ2) is 6.18. The number of ether oxygens (including phenoxy) is 1. The SMILES string of the molecule is CCn1nccc1C(=O)CCc1ccc(OC)cc1. The van der Waals surface area contributed by atoms with E-state index in [0.717, 1.165) is 24.3 Å². The molecule has 4 nitrogen and oxygen atoms in total. The molecule has 0 bridgehead atoms. The van der Waals surface area contributed by atoms with Gasteiger partial charge in [-0.15, -0.1) is 0 Å². The van der Waals surface area contributed by atoms with Crippen molar-refractivity contribution in [3.05, 3.63) is 47.8 Å². The maximum atomic E-state index is 12.1. The summed E-state index contributed by atoms with van der Waals surface area (Å²) in [5.74, 6) is 0.967. The van der Waals surface area contributed by atoms with Crippen LogP contribution in [-0.2, 0) is 13.0 Å². The molecule has 0 saturated heterocycles. The molecule has 0 aliphatic rings. The number of aromatic nitrogens is 2. The van der Waals surface area contributed by atoms with Crippen LogP contribution in [0.25, 0.3) is 0 Å². The molecule has 0 aliphatic carbocycles. The number of carbonyl (C=O) groups excluding carboxylic acids is 1. The van der Waals surface area contributed by atoms with E-state index in [1.54, 1.807) is 24.1 Å². The number of aryl methyl sites for hydroxylation is 2. The summed E-state index contributed by atoms with van der Waals surface area (Å²) in [5, 5.41) is 4.11. The van der Waals surface area contributed by atoms with Gasteiger partial charge in [-0.3, -0.25) is 9.48 Å². The van der Waals surface area contributed by atoms with E-state index in [0.29, 0.717) is 12.1 Å². The van der Waals surface area contributed by atoms with Crippen LogP contribution in [-0.4, -0.2) is 22.7 Å². The van der Waals surface area contributed by atoms with Gasteiger partial charge in [0.25, 0.3) is 0 Å². The molecular formula is C15H18N2O2. The fourth-order valence-corrected chi connectivity index (χ4v) is 2.00. The lowest BCUT2D eigenvalue weighted by Crippen LogP contribution is -2.10. The predicted molar refractivity (Wildman–Crippen MR) is 73.5 cm³/mol. The number of methoxy groups -OCH3 is 1. The Morgan fingerprint density at radius 1 is 1.26 bits per heavy atom. The Morgan fingerprint density at radius 2 is 2.00 bits per heavy atom. The molecule has 19 heavy (non-hydrogen) atoms. The van der Waals surface area contributed by atoms with Crippen LogP contribution in [0.4, 0.5) is 0 Å². The molecule has 0 N–H and O–H groups in total. The van der Waals surface area contributed by atoms with Gasteiger partial charge in [0, 0.05) is 19.2 Å². The van der Waals surface area contributed by atoms with Crippen LogP contribution in [0.5, 0.6) is 5.75 Å². The highest BCUT2D eigenvalue weighted by Gasteiger charge is 2.11. The van der Waals surface area contributed by atoms with Crippen LogP contribution in [0, 0.1) is 0 Å². The Labute approximate surface area is 113 Å². The fourth-order valence-electron chi connectivity index (χ4n) is 2.00. The number of hydrogen-bond acceptors (Lipinski definition) is 3. The molecule has 0 spiro atoms. The van der Waals surface area contributed by atoms with E-state index in [1.807, 2.05) is 31.2 Å². The highest BCUT2D eigenvalue weighted by molar-refractivity contribution is 5.94. The molecule has 4 heteroatoms.